The van der Waals surface area contributed by atoms with Gasteiger partial charge in [-0.15, -0.1) is 24.0 Å². The van der Waals surface area contributed by atoms with E-state index in [4.69, 9.17) is 9.26 Å². The summed E-state index contributed by atoms with van der Waals surface area (Å²) in [5.41, 5.74) is 2.58. The molecule has 2 heterocycles. The molecule has 172 valence electrons. The molecule has 1 N–H and O–H groups in total. The average Bonchev–Trinajstić information content (AvgIpc) is 3.22. The molecule has 11 heteroatoms. The van der Waals surface area contributed by atoms with Crippen LogP contribution >= 0.6 is 24.0 Å². The number of ether oxygens (including phenoxy) is 1. The highest BCUT2D eigenvalue weighted by Gasteiger charge is 2.27. The molecule has 31 heavy (non-hydrogen) atoms. The summed E-state index contributed by atoms with van der Waals surface area (Å²) >= 11 is 0. The molecule has 0 saturated carbocycles. The van der Waals surface area contributed by atoms with Crippen LogP contribution < -0.4 is 5.32 Å². The minimum absolute atomic E-state index is 0. The topological polar surface area (TPSA) is 66.1 Å². The molecule has 3 rings (SSSR count). The fraction of sp³-hybridized carbons (Fsp3) is 0.500. The van der Waals surface area contributed by atoms with Crippen LogP contribution in [0.4, 0.5) is 13.2 Å². The van der Waals surface area contributed by atoms with E-state index in [9.17, 15) is 13.2 Å². The number of hydrogen-bond donors (Lipinski definition) is 1. The zero-order valence-electron chi connectivity index (χ0n) is 17.3. The molecule has 2 aromatic rings. The molecule has 0 radical (unpaired) electrons. The summed E-state index contributed by atoms with van der Waals surface area (Å²) in [6, 6.07) is 9.20. The molecular formula is C20H27F3IN5O2. The van der Waals surface area contributed by atoms with Gasteiger partial charge in [0.2, 0.25) is 0 Å². The van der Waals surface area contributed by atoms with Crippen LogP contribution in [-0.2, 0) is 24.4 Å². The van der Waals surface area contributed by atoms with Crippen molar-refractivity contribution < 1.29 is 22.4 Å². The van der Waals surface area contributed by atoms with Crippen molar-refractivity contribution in [1.82, 2.24) is 20.3 Å². The minimum Gasteiger partial charge on any atom is -0.367 e. The maximum absolute atomic E-state index is 12.2. The molecule has 1 aromatic heterocycles. The summed E-state index contributed by atoms with van der Waals surface area (Å²) in [5, 5.41) is 7.28. The van der Waals surface area contributed by atoms with Gasteiger partial charge >= 0.3 is 6.18 Å². The second kappa shape index (κ2) is 12.2. The van der Waals surface area contributed by atoms with E-state index in [2.05, 4.69) is 25.3 Å². The lowest BCUT2D eigenvalue weighted by Crippen LogP contribution is -2.52. The van der Waals surface area contributed by atoms with E-state index < -0.39 is 12.8 Å². The van der Waals surface area contributed by atoms with Crippen LogP contribution in [0.1, 0.15) is 16.8 Å². The zero-order valence-corrected chi connectivity index (χ0v) is 19.6. The number of aromatic nitrogens is 1. The summed E-state index contributed by atoms with van der Waals surface area (Å²) in [6.45, 7) is 3.42. The Morgan fingerprint density at radius 2 is 1.94 bits per heavy atom. The van der Waals surface area contributed by atoms with Gasteiger partial charge in [-0.05, 0) is 11.1 Å². The SMILES string of the molecule is CN=C(NCc1cccc(COCC(F)(F)F)c1)N1CCN(Cc2ccon2)CC1.I. The lowest BCUT2D eigenvalue weighted by atomic mass is 10.1. The van der Waals surface area contributed by atoms with Gasteiger partial charge in [0.05, 0.1) is 12.3 Å². The molecule has 1 aliphatic heterocycles. The van der Waals surface area contributed by atoms with Gasteiger partial charge in [0.15, 0.2) is 5.96 Å². The lowest BCUT2D eigenvalue weighted by Gasteiger charge is -2.36. The smallest absolute Gasteiger partial charge is 0.367 e. The minimum atomic E-state index is -4.31. The van der Waals surface area contributed by atoms with E-state index in [1.165, 1.54) is 0 Å². The number of alkyl halides is 3. The second-order valence-corrected chi connectivity index (χ2v) is 7.08. The summed E-state index contributed by atoms with van der Waals surface area (Å²) in [4.78, 5) is 8.86. The quantitative estimate of drug-likeness (QED) is 0.323. The van der Waals surface area contributed by atoms with Gasteiger partial charge in [0.1, 0.15) is 12.9 Å². The molecule has 0 spiro atoms. The maximum atomic E-state index is 12.2. The number of aliphatic imine (C=N–C) groups is 1. The van der Waals surface area contributed by atoms with Crippen LogP contribution in [0.2, 0.25) is 0 Å². The number of hydrogen-bond acceptors (Lipinski definition) is 5. The Kier molecular flexibility index (Phi) is 10.0. The van der Waals surface area contributed by atoms with Gasteiger partial charge in [-0.25, -0.2) is 0 Å². The van der Waals surface area contributed by atoms with Gasteiger partial charge < -0.3 is 19.5 Å². The Bertz CT molecular complexity index is 809. The number of benzene rings is 1. The number of halogens is 4. The Hall–Kier alpha value is -1.86. The first-order chi connectivity index (χ1) is 14.4. The van der Waals surface area contributed by atoms with E-state index in [1.807, 2.05) is 24.3 Å². The van der Waals surface area contributed by atoms with E-state index in [0.29, 0.717) is 12.1 Å². The van der Waals surface area contributed by atoms with Crippen molar-refractivity contribution in [3.05, 3.63) is 53.4 Å². The predicted molar refractivity (Wildman–Crippen MR) is 121 cm³/mol. The van der Waals surface area contributed by atoms with E-state index in [0.717, 1.165) is 49.9 Å². The van der Waals surface area contributed by atoms with E-state index in [-0.39, 0.29) is 30.6 Å². The highest BCUT2D eigenvalue weighted by molar-refractivity contribution is 14.0. The molecule has 1 aliphatic rings. The van der Waals surface area contributed by atoms with Crippen molar-refractivity contribution in [2.24, 2.45) is 4.99 Å². The van der Waals surface area contributed by atoms with Crippen LogP contribution in [0.25, 0.3) is 0 Å². The summed E-state index contributed by atoms with van der Waals surface area (Å²) in [6.07, 6.45) is -2.74. The molecule has 1 aromatic carbocycles. The molecular weight excluding hydrogens is 526 g/mol. The van der Waals surface area contributed by atoms with Crippen molar-refractivity contribution in [1.29, 1.82) is 0 Å². The van der Waals surface area contributed by atoms with Gasteiger partial charge in [-0.3, -0.25) is 9.89 Å². The fourth-order valence-electron chi connectivity index (χ4n) is 3.29. The lowest BCUT2D eigenvalue weighted by molar-refractivity contribution is -0.176. The highest BCUT2D eigenvalue weighted by atomic mass is 127. The van der Waals surface area contributed by atoms with Crippen LogP contribution in [0.15, 0.2) is 46.1 Å². The van der Waals surface area contributed by atoms with E-state index in [1.54, 1.807) is 19.4 Å². The summed E-state index contributed by atoms with van der Waals surface area (Å²) in [7, 11) is 1.74. The normalized spacial score (nSPS) is 15.6. The fourth-order valence-corrected chi connectivity index (χ4v) is 3.29. The van der Waals surface area contributed by atoms with Gasteiger partial charge in [0.25, 0.3) is 0 Å². The van der Waals surface area contributed by atoms with Crippen LogP contribution in [0.5, 0.6) is 0 Å². The Labute approximate surface area is 196 Å². The van der Waals surface area contributed by atoms with Crippen LogP contribution in [-0.4, -0.2) is 66.9 Å². The number of guanidine groups is 1. The first-order valence-electron chi connectivity index (χ1n) is 9.72. The van der Waals surface area contributed by atoms with Crippen molar-refractivity contribution in [3.63, 3.8) is 0 Å². The number of rotatable bonds is 7. The Morgan fingerprint density at radius 3 is 2.58 bits per heavy atom. The third-order valence-corrected chi connectivity index (χ3v) is 4.74. The van der Waals surface area contributed by atoms with Gasteiger partial charge in [-0.1, -0.05) is 29.4 Å². The molecule has 1 saturated heterocycles. The number of nitrogens with one attached hydrogen (secondary N) is 1. The number of nitrogens with zero attached hydrogens (tertiary/aromatic N) is 4. The molecule has 1 fully saturated rings. The van der Waals surface area contributed by atoms with Crippen LogP contribution in [0, 0.1) is 0 Å². The second-order valence-electron chi connectivity index (χ2n) is 7.08. The Balaban J connectivity index is 0.00000341. The van der Waals surface area contributed by atoms with Crippen LogP contribution in [0.3, 0.4) is 0 Å². The summed E-state index contributed by atoms with van der Waals surface area (Å²) < 4.78 is 46.3. The average molecular weight is 553 g/mol. The maximum Gasteiger partial charge on any atom is 0.411 e. The van der Waals surface area contributed by atoms with Crippen molar-refractivity contribution in [2.45, 2.75) is 25.9 Å². The van der Waals surface area contributed by atoms with Crippen molar-refractivity contribution in [3.8, 4) is 0 Å². The first kappa shape index (κ1) is 25.4. The molecule has 0 bridgehead atoms. The van der Waals surface area contributed by atoms with Gasteiger partial charge in [-0.2, -0.15) is 13.2 Å². The molecule has 7 nitrogen and oxygen atoms in total. The molecule has 0 amide bonds. The highest BCUT2D eigenvalue weighted by Crippen LogP contribution is 2.16. The first-order valence-corrected chi connectivity index (χ1v) is 9.72. The number of piperazine rings is 1. The third-order valence-electron chi connectivity index (χ3n) is 4.74. The molecule has 0 aliphatic carbocycles. The van der Waals surface area contributed by atoms with Crippen molar-refractivity contribution >= 4 is 29.9 Å². The van der Waals surface area contributed by atoms with E-state index >= 15 is 0 Å². The predicted octanol–water partition coefficient (Wildman–Crippen LogP) is 3.26. The monoisotopic (exact) mass is 553 g/mol. The van der Waals surface area contributed by atoms with Gasteiger partial charge in [0, 0.05) is 52.4 Å². The summed E-state index contributed by atoms with van der Waals surface area (Å²) in [5.74, 6) is 0.801. The standard InChI is InChI=1S/C20H26F3N5O2.HI/c1-24-19(28-8-6-27(7-9-28)13-18-5-10-30-26-18)25-12-16-3-2-4-17(11-16)14-29-15-20(21,22)23;/h2-5,10-11H,6-9,12-15H2,1H3,(H,24,25);1H. The Morgan fingerprint density at radius 1 is 1.19 bits per heavy atom. The third kappa shape index (κ3) is 8.65. The zero-order chi connectivity index (χ0) is 21.4. The van der Waals surface area contributed by atoms with Crippen molar-refractivity contribution in [2.75, 3.05) is 39.8 Å². The molecule has 0 unspecified atom stereocenters. The largest absolute Gasteiger partial charge is 0.411 e. The molecule has 0 atom stereocenters.